The highest BCUT2D eigenvalue weighted by molar-refractivity contribution is 5.71. The summed E-state index contributed by atoms with van der Waals surface area (Å²) in [6.45, 7) is 4.78. The maximum Gasteiger partial charge on any atom is 0.361 e. The molecule has 0 rings (SSSR count). The van der Waals surface area contributed by atoms with E-state index in [4.69, 9.17) is 18.9 Å². The van der Waals surface area contributed by atoms with Gasteiger partial charge >= 0.3 is 17.9 Å². The number of carbonyl (C=O) groups excluding carboxylic acids is 2. The second kappa shape index (κ2) is 68.1. The molecule has 87 heavy (non-hydrogen) atoms. The summed E-state index contributed by atoms with van der Waals surface area (Å²) >= 11 is 0. The lowest BCUT2D eigenvalue weighted by Crippen LogP contribution is -2.40. The third-order valence-corrected chi connectivity index (χ3v) is 15.8. The molecule has 2 unspecified atom stereocenters. The Hall–Kier alpha value is -3.79. The van der Waals surface area contributed by atoms with E-state index in [9.17, 15) is 19.5 Å². The van der Waals surface area contributed by atoms with Crippen LogP contribution >= 0.6 is 0 Å². The van der Waals surface area contributed by atoms with Gasteiger partial charge in [0.2, 0.25) is 0 Å². The van der Waals surface area contributed by atoms with Gasteiger partial charge in [0, 0.05) is 12.8 Å². The summed E-state index contributed by atoms with van der Waals surface area (Å²) in [5.41, 5.74) is 0. The number of unbranched alkanes of at least 4 members (excludes halogenated alkanes) is 36. The van der Waals surface area contributed by atoms with Crippen LogP contribution in [0.3, 0.4) is 0 Å². The summed E-state index contributed by atoms with van der Waals surface area (Å²) in [4.78, 5) is 37.6. The number of rotatable bonds is 67. The average molecular weight is 1220 g/mol. The SMILES string of the molecule is CC/C=C\C/C=C\C/C=C\C/C=C\C/C=C\CCCCCCCCCCCCCCCCCCCCCCCCCC(=O)OC(COC(=O)CCCCCCCCCC/C=C\C/C=C\C/C=C\CCCCCCC)COC(OCC[N+](C)(C)C)C(=O)O. The number of quaternary nitrogens is 1. The molecule has 0 amide bonds. The van der Waals surface area contributed by atoms with Crippen LogP contribution in [-0.2, 0) is 33.3 Å². The fraction of sp³-hybridized carbons (Fsp3) is 0.756. The molecular formula is C78H138NO8+. The second-order valence-electron chi connectivity index (χ2n) is 25.5. The molecule has 0 saturated heterocycles. The molecule has 0 aliphatic carbocycles. The van der Waals surface area contributed by atoms with Crippen LogP contribution in [-0.4, -0.2) is 87.4 Å². The van der Waals surface area contributed by atoms with Crippen molar-refractivity contribution in [2.75, 3.05) is 47.5 Å². The fourth-order valence-corrected chi connectivity index (χ4v) is 10.3. The van der Waals surface area contributed by atoms with Crippen molar-refractivity contribution in [3.05, 3.63) is 97.2 Å². The summed E-state index contributed by atoms with van der Waals surface area (Å²) < 4.78 is 23.0. The van der Waals surface area contributed by atoms with Crippen molar-refractivity contribution < 1.29 is 42.9 Å². The molecule has 0 aliphatic rings. The summed E-state index contributed by atoms with van der Waals surface area (Å²) in [6.07, 6.45) is 91.0. The summed E-state index contributed by atoms with van der Waals surface area (Å²) in [5.74, 6) is -2.00. The predicted molar refractivity (Wildman–Crippen MR) is 373 cm³/mol. The Bertz CT molecular complexity index is 1750. The quantitative estimate of drug-likeness (QED) is 0.0211. The van der Waals surface area contributed by atoms with E-state index in [-0.39, 0.29) is 32.2 Å². The second-order valence-corrected chi connectivity index (χ2v) is 25.5. The lowest BCUT2D eigenvalue weighted by molar-refractivity contribution is -0.870. The molecule has 502 valence electrons. The number of likely N-dealkylation sites (N-methyl/N-ethyl adjacent to an activating group) is 1. The minimum absolute atomic E-state index is 0.185. The van der Waals surface area contributed by atoms with Gasteiger partial charge in [0.15, 0.2) is 6.10 Å². The van der Waals surface area contributed by atoms with E-state index in [1.54, 1.807) is 0 Å². The number of carboxylic acid groups (broad SMARTS) is 1. The first-order valence-corrected chi connectivity index (χ1v) is 36.4. The Morgan fingerprint density at radius 2 is 0.655 bits per heavy atom. The van der Waals surface area contributed by atoms with E-state index in [1.165, 1.54) is 199 Å². The third kappa shape index (κ3) is 69.5. The van der Waals surface area contributed by atoms with Crippen LogP contribution < -0.4 is 0 Å². The largest absolute Gasteiger partial charge is 0.477 e. The van der Waals surface area contributed by atoms with Gasteiger partial charge in [0.05, 0.1) is 34.4 Å². The van der Waals surface area contributed by atoms with Crippen LogP contribution in [0.15, 0.2) is 97.2 Å². The van der Waals surface area contributed by atoms with Crippen molar-refractivity contribution in [2.45, 2.75) is 334 Å². The van der Waals surface area contributed by atoms with Gasteiger partial charge < -0.3 is 28.5 Å². The summed E-state index contributed by atoms with van der Waals surface area (Å²) in [7, 11) is 5.98. The highest BCUT2D eigenvalue weighted by Gasteiger charge is 2.25. The number of hydrogen-bond acceptors (Lipinski definition) is 7. The third-order valence-electron chi connectivity index (χ3n) is 15.8. The van der Waals surface area contributed by atoms with Crippen molar-refractivity contribution in [2.24, 2.45) is 0 Å². The maximum atomic E-state index is 13.0. The molecular weight excluding hydrogens is 1080 g/mol. The van der Waals surface area contributed by atoms with Crippen LogP contribution in [0.5, 0.6) is 0 Å². The number of esters is 2. The van der Waals surface area contributed by atoms with Crippen LogP contribution in [0.2, 0.25) is 0 Å². The Morgan fingerprint density at radius 3 is 0.977 bits per heavy atom. The van der Waals surface area contributed by atoms with Crippen molar-refractivity contribution in [1.29, 1.82) is 0 Å². The number of allylic oxidation sites excluding steroid dienone is 16. The van der Waals surface area contributed by atoms with Gasteiger partial charge in [-0.15, -0.1) is 0 Å². The Balaban J connectivity index is 4.03. The minimum atomic E-state index is -1.52. The first-order valence-electron chi connectivity index (χ1n) is 36.4. The van der Waals surface area contributed by atoms with E-state index in [2.05, 4.69) is 111 Å². The summed E-state index contributed by atoms with van der Waals surface area (Å²) in [6, 6.07) is 0. The Kier molecular flexibility index (Phi) is 65.2. The minimum Gasteiger partial charge on any atom is -0.477 e. The molecule has 0 radical (unpaired) electrons. The average Bonchev–Trinajstić information content (AvgIpc) is 3.55. The number of hydrogen-bond donors (Lipinski definition) is 1. The topological polar surface area (TPSA) is 108 Å². The number of nitrogens with zero attached hydrogens (tertiary/aromatic N) is 1. The maximum absolute atomic E-state index is 13.0. The zero-order chi connectivity index (χ0) is 63.3. The van der Waals surface area contributed by atoms with Crippen molar-refractivity contribution in [1.82, 2.24) is 0 Å². The number of aliphatic carboxylic acids is 1. The fourth-order valence-electron chi connectivity index (χ4n) is 10.3. The molecule has 2 atom stereocenters. The van der Waals surface area contributed by atoms with Gasteiger partial charge in [-0.1, -0.05) is 310 Å². The molecule has 0 saturated carbocycles. The van der Waals surface area contributed by atoms with Gasteiger partial charge in [-0.05, 0) is 96.3 Å². The smallest absolute Gasteiger partial charge is 0.361 e. The van der Waals surface area contributed by atoms with E-state index < -0.39 is 24.3 Å². The standard InChI is InChI=1S/C78H137NO8/c1-6-8-10-12-14-16-18-20-22-24-26-28-30-31-32-33-34-35-36-37-38-39-40-41-42-43-44-45-47-49-51-53-55-57-59-61-63-65-67-69-76(81)87-74(73-86-78(77(82)83)84-71-70-79(3,4)5)72-85-75(80)68-66-64-62-60-58-56-54-52-50-48-46-29-27-25-23-21-19-17-15-13-11-9-7-2/h8,10,14,16,19-22,25-28,31-32,46,48,74,78H,6-7,9,11-13,15,17-18,23-24,29-30,33-45,47,49-73H2,1-5H3/p+1/b10-8-,16-14-,21-19-,22-20-,27-25-,28-26-,32-31-,48-46-. The molecule has 0 aliphatic heterocycles. The van der Waals surface area contributed by atoms with Crippen molar-refractivity contribution in [3.63, 3.8) is 0 Å². The van der Waals surface area contributed by atoms with Gasteiger partial charge in [-0.2, -0.15) is 0 Å². The van der Waals surface area contributed by atoms with Crippen molar-refractivity contribution >= 4 is 17.9 Å². The molecule has 0 bridgehead atoms. The van der Waals surface area contributed by atoms with Crippen LogP contribution in [0.25, 0.3) is 0 Å². The first-order chi connectivity index (χ1) is 42.6. The molecule has 0 aromatic heterocycles. The van der Waals surface area contributed by atoms with E-state index in [1.807, 2.05) is 21.1 Å². The Labute approximate surface area is 537 Å². The molecule has 9 nitrogen and oxygen atoms in total. The van der Waals surface area contributed by atoms with Gasteiger partial charge in [-0.3, -0.25) is 9.59 Å². The molecule has 0 fully saturated rings. The number of carboxylic acids is 1. The number of carbonyl (C=O) groups is 3. The van der Waals surface area contributed by atoms with E-state index in [0.717, 1.165) is 96.3 Å². The Morgan fingerprint density at radius 1 is 0.356 bits per heavy atom. The van der Waals surface area contributed by atoms with Gasteiger partial charge in [0.25, 0.3) is 6.29 Å². The highest BCUT2D eigenvalue weighted by atomic mass is 16.7. The normalized spacial score (nSPS) is 13.3. The van der Waals surface area contributed by atoms with Gasteiger partial charge in [0.1, 0.15) is 13.2 Å². The molecule has 9 heteroatoms. The molecule has 0 heterocycles. The van der Waals surface area contributed by atoms with Crippen LogP contribution in [0.4, 0.5) is 0 Å². The van der Waals surface area contributed by atoms with E-state index in [0.29, 0.717) is 17.4 Å². The molecule has 0 aromatic rings. The lowest BCUT2D eigenvalue weighted by Gasteiger charge is -2.25. The zero-order valence-corrected chi connectivity index (χ0v) is 57.4. The predicted octanol–water partition coefficient (Wildman–Crippen LogP) is 22.8. The van der Waals surface area contributed by atoms with E-state index >= 15 is 0 Å². The van der Waals surface area contributed by atoms with Crippen LogP contribution in [0.1, 0.15) is 322 Å². The number of ether oxygens (including phenoxy) is 4. The lowest BCUT2D eigenvalue weighted by atomic mass is 10.0. The zero-order valence-electron chi connectivity index (χ0n) is 57.4. The molecule has 0 aromatic carbocycles. The van der Waals surface area contributed by atoms with Crippen molar-refractivity contribution in [3.8, 4) is 0 Å². The molecule has 0 spiro atoms. The monoisotopic (exact) mass is 1220 g/mol. The summed E-state index contributed by atoms with van der Waals surface area (Å²) in [5, 5.41) is 9.75. The molecule has 1 N–H and O–H groups in total. The first kappa shape index (κ1) is 83.2. The van der Waals surface area contributed by atoms with Gasteiger partial charge in [-0.25, -0.2) is 4.79 Å². The van der Waals surface area contributed by atoms with Crippen LogP contribution in [0, 0.1) is 0 Å². The highest BCUT2D eigenvalue weighted by Crippen LogP contribution is 2.18.